The van der Waals surface area contributed by atoms with E-state index in [0.717, 1.165) is 42.0 Å². The highest BCUT2D eigenvalue weighted by Gasteiger charge is 2.34. The number of nitrogens with one attached hydrogen (secondary N) is 1. The van der Waals surface area contributed by atoms with Crippen LogP contribution in [0.3, 0.4) is 0 Å². The third-order valence-corrected chi connectivity index (χ3v) is 9.90. The molecule has 2 amide bonds. The zero-order chi connectivity index (χ0) is 31.1. The van der Waals surface area contributed by atoms with Crippen molar-refractivity contribution in [3.8, 4) is 5.75 Å². The summed E-state index contributed by atoms with van der Waals surface area (Å²) in [6.07, 6.45) is 4.99. The first kappa shape index (κ1) is 32.6. The first-order valence-corrected chi connectivity index (χ1v) is 16.5. The Labute approximate surface area is 264 Å². The number of benzene rings is 3. The van der Waals surface area contributed by atoms with Gasteiger partial charge in [-0.3, -0.25) is 13.9 Å². The maximum absolute atomic E-state index is 14.2. The number of nitrogens with zero attached hydrogens (tertiary/aromatic N) is 2. The second-order valence-electron chi connectivity index (χ2n) is 10.8. The summed E-state index contributed by atoms with van der Waals surface area (Å²) >= 11 is 12.5. The fraction of sp³-hybridized carbons (Fsp3) is 0.375. The van der Waals surface area contributed by atoms with Crippen LogP contribution in [0.5, 0.6) is 5.75 Å². The molecule has 0 aromatic heterocycles. The van der Waals surface area contributed by atoms with Gasteiger partial charge in [0.05, 0.1) is 17.7 Å². The Balaban J connectivity index is 1.73. The third-order valence-electron chi connectivity index (χ3n) is 7.66. The van der Waals surface area contributed by atoms with E-state index in [2.05, 4.69) is 5.32 Å². The molecule has 11 heteroatoms. The molecule has 4 rings (SSSR count). The van der Waals surface area contributed by atoms with Crippen molar-refractivity contribution in [3.63, 3.8) is 0 Å². The third kappa shape index (κ3) is 8.22. The summed E-state index contributed by atoms with van der Waals surface area (Å²) in [5.41, 5.74) is 1.68. The van der Waals surface area contributed by atoms with Gasteiger partial charge >= 0.3 is 0 Å². The van der Waals surface area contributed by atoms with Gasteiger partial charge in [-0.2, -0.15) is 0 Å². The molecular weight excluding hydrogens is 609 g/mol. The van der Waals surface area contributed by atoms with E-state index >= 15 is 0 Å². The molecule has 43 heavy (non-hydrogen) atoms. The summed E-state index contributed by atoms with van der Waals surface area (Å²) in [7, 11) is -2.86. The SMILES string of the molecule is COc1ccc(Cl)cc1N(CC(=O)N(Cc1cccc(Cl)c1)[C@H](C)C(=O)NC1CCCCC1)S(=O)(=O)c1ccc(C)cc1. The number of hydrogen-bond donors (Lipinski definition) is 1. The normalized spacial score (nSPS) is 14.5. The number of anilines is 1. The van der Waals surface area contributed by atoms with E-state index in [1.807, 2.05) is 6.92 Å². The molecule has 0 saturated heterocycles. The predicted molar refractivity (Wildman–Crippen MR) is 170 cm³/mol. The Morgan fingerprint density at radius 3 is 2.30 bits per heavy atom. The van der Waals surface area contributed by atoms with Gasteiger partial charge in [-0.15, -0.1) is 0 Å². The Hall–Kier alpha value is -3.27. The number of amides is 2. The van der Waals surface area contributed by atoms with Crippen molar-refractivity contribution < 1.29 is 22.7 Å². The number of methoxy groups -OCH3 is 1. The number of rotatable bonds is 11. The average Bonchev–Trinajstić information content (AvgIpc) is 2.99. The minimum absolute atomic E-state index is 0.00240. The predicted octanol–water partition coefficient (Wildman–Crippen LogP) is 6.37. The topological polar surface area (TPSA) is 96.0 Å². The molecule has 0 bridgehead atoms. The summed E-state index contributed by atoms with van der Waals surface area (Å²) in [5.74, 6) is -0.656. The molecule has 1 fully saturated rings. The van der Waals surface area contributed by atoms with Crippen molar-refractivity contribution in [2.24, 2.45) is 0 Å². The van der Waals surface area contributed by atoms with Crippen molar-refractivity contribution in [2.75, 3.05) is 18.0 Å². The minimum atomic E-state index is -4.27. The molecule has 230 valence electrons. The molecule has 1 N–H and O–H groups in total. The van der Waals surface area contributed by atoms with E-state index in [1.54, 1.807) is 55.5 Å². The Kier molecular flexibility index (Phi) is 11.0. The zero-order valence-corrected chi connectivity index (χ0v) is 26.9. The number of halogens is 2. The van der Waals surface area contributed by atoms with E-state index in [9.17, 15) is 18.0 Å². The molecule has 0 heterocycles. The summed E-state index contributed by atoms with van der Waals surface area (Å²) in [4.78, 5) is 29.1. The number of hydrogen-bond acceptors (Lipinski definition) is 5. The highest BCUT2D eigenvalue weighted by Crippen LogP contribution is 2.35. The lowest BCUT2D eigenvalue weighted by Gasteiger charge is -2.33. The van der Waals surface area contributed by atoms with Crippen LogP contribution in [-0.4, -0.2) is 50.9 Å². The first-order valence-electron chi connectivity index (χ1n) is 14.3. The quantitative estimate of drug-likeness (QED) is 0.261. The number of carbonyl (C=O) groups excluding carboxylic acids is 2. The molecule has 0 unspecified atom stereocenters. The maximum Gasteiger partial charge on any atom is 0.264 e. The fourth-order valence-electron chi connectivity index (χ4n) is 5.19. The lowest BCUT2D eigenvalue weighted by molar-refractivity contribution is -0.139. The van der Waals surface area contributed by atoms with Crippen molar-refractivity contribution in [3.05, 3.63) is 87.9 Å². The molecule has 3 aromatic rings. The second kappa shape index (κ2) is 14.5. The Morgan fingerprint density at radius 2 is 1.65 bits per heavy atom. The van der Waals surface area contributed by atoms with Gasteiger partial charge in [-0.1, -0.05) is 72.3 Å². The van der Waals surface area contributed by atoms with Crippen LogP contribution in [0.4, 0.5) is 5.69 Å². The van der Waals surface area contributed by atoms with Crippen molar-refractivity contribution in [1.29, 1.82) is 0 Å². The molecule has 1 saturated carbocycles. The molecule has 8 nitrogen and oxygen atoms in total. The van der Waals surface area contributed by atoms with Crippen LogP contribution < -0.4 is 14.4 Å². The molecule has 3 aromatic carbocycles. The summed E-state index contributed by atoms with van der Waals surface area (Å²) in [5, 5.41) is 3.84. The molecule has 0 radical (unpaired) electrons. The molecule has 1 aliphatic rings. The highest BCUT2D eigenvalue weighted by atomic mass is 35.5. The van der Waals surface area contributed by atoms with Crippen LogP contribution in [0.2, 0.25) is 10.0 Å². The van der Waals surface area contributed by atoms with Gasteiger partial charge in [0.1, 0.15) is 18.3 Å². The Bertz CT molecular complexity index is 1540. The summed E-state index contributed by atoms with van der Waals surface area (Å²) in [6.45, 7) is 2.95. The number of ether oxygens (including phenoxy) is 1. The molecule has 0 spiro atoms. The van der Waals surface area contributed by atoms with E-state index in [1.165, 1.54) is 30.2 Å². The molecule has 0 aliphatic heterocycles. The van der Waals surface area contributed by atoms with Crippen LogP contribution in [0.1, 0.15) is 50.2 Å². The summed E-state index contributed by atoms with van der Waals surface area (Å²) in [6, 6.07) is 17.1. The van der Waals surface area contributed by atoms with Gasteiger partial charge in [0, 0.05) is 22.6 Å². The molecule has 1 aliphatic carbocycles. The average molecular weight is 647 g/mol. The van der Waals surface area contributed by atoms with Crippen LogP contribution in [-0.2, 0) is 26.2 Å². The number of aryl methyl sites for hydroxylation is 1. The number of carbonyl (C=O) groups is 2. The van der Waals surface area contributed by atoms with E-state index < -0.39 is 28.5 Å². The van der Waals surface area contributed by atoms with Crippen LogP contribution >= 0.6 is 23.2 Å². The van der Waals surface area contributed by atoms with Gasteiger partial charge in [-0.25, -0.2) is 8.42 Å². The van der Waals surface area contributed by atoms with Crippen molar-refractivity contribution in [1.82, 2.24) is 10.2 Å². The van der Waals surface area contributed by atoms with Crippen LogP contribution in [0.25, 0.3) is 0 Å². The molecule has 1 atom stereocenters. The van der Waals surface area contributed by atoms with Crippen molar-refractivity contribution in [2.45, 2.75) is 69.5 Å². The van der Waals surface area contributed by atoms with E-state index in [-0.39, 0.29) is 39.8 Å². The summed E-state index contributed by atoms with van der Waals surface area (Å²) < 4.78 is 34.7. The zero-order valence-electron chi connectivity index (χ0n) is 24.6. The maximum atomic E-state index is 14.2. The van der Waals surface area contributed by atoms with Gasteiger partial charge in [0.25, 0.3) is 10.0 Å². The standard InChI is InChI=1S/C32H37Cl2N3O5S/c1-22-12-15-28(16-13-22)43(40,41)37(29-19-26(34)14-17-30(29)42-3)21-31(38)36(20-24-8-7-9-25(33)18-24)23(2)32(39)35-27-10-5-4-6-11-27/h7-9,12-19,23,27H,4-6,10-11,20-21H2,1-3H3,(H,35,39)/t23-/m1/s1. The minimum Gasteiger partial charge on any atom is -0.495 e. The van der Waals surface area contributed by atoms with Gasteiger partial charge in [-0.05, 0) is 74.7 Å². The van der Waals surface area contributed by atoms with Crippen LogP contribution in [0.15, 0.2) is 71.6 Å². The largest absolute Gasteiger partial charge is 0.495 e. The van der Waals surface area contributed by atoms with Crippen molar-refractivity contribution >= 4 is 50.7 Å². The van der Waals surface area contributed by atoms with Gasteiger partial charge in [0.2, 0.25) is 11.8 Å². The molecular formula is C32H37Cl2N3O5S. The van der Waals surface area contributed by atoms with E-state index in [4.69, 9.17) is 27.9 Å². The van der Waals surface area contributed by atoms with E-state index in [0.29, 0.717) is 10.6 Å². The lowest BCUT2D eigenvalue weighted by atomic mass is 9.95. The monoisotopic (exact) mass is 645 g/mol. The van der Waals surface area contributed by atoms with Gasteiger partial charge in [0.15, 0.2) is 0 Å². The highest BCUT2D eigenvalue weighted by molar-refractivity contribution is 7.92. The van der Waals surface area contributed by atoms with Crippen LogP contribution in [0, 0.1) is 6.92 Å². The lowest BCUT2D eigenvalue weighted by Crippen LogP contribution is -2.53. The number of sulfonamides is 1. The first-order chi connectivity index (χ1) is 20.5. The second-order valence-corrected chi connectivity index (χ2v) is 13.5. The van der Waals surface area contributed by atoms with Gasteiger partial charge < -0.3 is 15.0 Å². The fourth-order valence-corrected chi connectivity index (χ4v) is 6.99. The Morgan fingerprint density at radius 1 is 0.977 bits per heavy atom. The smallest absolute Gasteiger partial charge is 0.264 e.